The predicted octanol–water partition coefficient (Wildman–Crippen LogP) is -0.404. The second-order valence-electron chi connectivity index (χ2n) is 1.54. The second kappa shape index (κ2) is 2.88. The van der Waals surface area contributed by atoms with Gasteiger partial charge in [-0.1, -0.05) is 0 Å². The molecule has 0 saturated heterocycles. The Morgan fingerprint density at radius 3 is 3.00 bits per heavy atom. The SMILES string of the molecule is O=C(NO)c1ccncn1. The molecule has 1 aromatic rings. The fraction of sp³-hybridized carbons (Fsp3) is 0. The lowest BCUT2D eigenvalue weighted by molar-refractivity contribution is 0.0700. The first kappa shape index (κ1) is 6.63. The van der Waals surface area contributed by atoms with Gasteiger partial charge in [0.25, 0.3) is 5.91 Å². The van der Waals surface area contributed by atoms with Crippen LogP contribution in [0.4, 0.5) is 0 Å². The van der Waals surface area contributed by atoms with Gasteiger partial charge in [-0.3, -0.25) is 10.0 Å². The van der Waals surface area contributed by atoms with Gasteiger partial charge >= 0.3 is 0 Å². The molecule has 0 bridgehead atoms. The number of amides is 1. The van der Waals surface area contributed by atoms with E-state index >= 15 is 0 Å². The fourth-order valence-electron chi connectivity index (χ4n) is 0.482. The topological polar surface area (TPSA) is 75.1 Å². The van der Waals surface area contributed by atoms with Crippen LogP contribution in [0.1, 0.15) is 10.5 Å². The molecule has 1 aromatic heterocycles. The van der Waals surface area contributed by atoms with Gasteiger partial charge in [-0.05, 0) is 6.07 Å². The highest BCUT2D eigenvalue weighted by molar-refractivity contribution is 5.91. The summed E-state index contributed by atoms with van der Waals surface area (Å²) in [6.45, 7) is 0. The quantitative estimate of drug-likeness (QED) is 0.410. The van der Waals surface area contributed by atoms with Crippen LogP contribution in [0, 0.1) is 0 Å². The average molecular weight is 139 g/mol. The van der Waals surface area contributed by atoms with E-state index in [1.54, 1.807) is 0 Å². The minimum absolute atomic E-state index is 0.137. The zero-order valence-electron chi connectivity index (χ0n) is 4.98. The molecule has 1 rings (SSSR count). The molecule has 0 atom stereocenters. The summed E-state index contributed by atoms with van der Waals surface area (Å²) in [6.07, 6.45) is 2.64. The summed E-state index contributed by atoms with van der Waals surface area (Å²) in [4.78, 5) is 17.7. The summed E-state index contributed by atoms with van der Waals surface area (Å²) < 4.78 is 0. The van der Waals surface area contributed by atoms with Crippen LogP contribution in [0.25, 0.3) is 0 Å². The highest BCUT2D eigenvalue weighted by atomic mass is 16.5. The summed E-state index contributed by atoms with van der Waals surface area (Å²) in [5.41, 5.74) is 1.59. The molecule has 0 unspecified atom stereocenters. The number of hydroxylamine groups is 1. The number of carbonyl (C=O) groups is 1. The van der Waals surface area contributed by atoms with Crippen molar-refractivity contribution in [2.24, 2.45) is 0 Å². The lowest BCUT2D eigenvalue weighted by Gasteiger charge is -1.93. The molecule has 0 aliphatic rings. The van der Waals surface area contributed by atoms with Crippen LogP contribution in [-0.2, 0) is 0 Å². The van der Waals surface area contributed by atoms with Crippen molar-refractivity contribution in [1.82, 2.24) is 15.4 Å². The molecule has 1 amide bonds. The number of nitrogens with one attached hydrogen (secondary N) is 1. The monoisotopic (exact) mass is 139 g/mol. The third kappa shape index (κ3) is 1.26. The smallest absolute Gasteiger partial charge is 0.288 e. The Bertz CT molecular complexity index is 224. The van der Waals surface area contributed by atoms with Crippen LogP contribution in [0.15, 0.2) is 18.6 Å². The van der Waals surface area contributed by atoms with Crippen molar-refractivity contribution in [2.45, 2.75) is 0 Å². The molecular formula is C5H5N3O2. The maximum Gasteiger partial charge on any atom is 0.293 e. The van der Waals surface area contributed by atoms with Gasteiger partial charge in [0.15, 0.2) is 0 Å². The summed E-state index contributed by atoms with van der Waals surface area (Å²) >= 11 is 0. The van der Waals surface area contributed by atoms with Gasteiger partial charge in [0.2, 0.25) is 0 Å². The molecule has 0 aromatic carbocycles. The Balaban J connectivity index is 2.85. The molecular weight excluding hydrogens is 134 g/mol. The molecule has 0 spiro atoms. The summed E-state index contributed by atoms with van der Waals surface area (Å²) in [5, 5.41) is 8.13. The van der Waals surface area contributed by atoms with Crippen molar-refractivity contribution >= 4 is 5.91 Å². The largest absolute Gasteiger partial charge is 0.293 e. The normalized spacial score (nSPS) is 8.90. The van der Waals surface area contributed by atoms with Crippen molar-refractivity contribution in [3.63, 3.8) is 0 Å². The lowest BCUT2D eigenvalue weighted by Crippen LogP contribution is -2.19. The van der Waals surface area contributed by atoms with Crippen molar-refractivity contribution in [2.75, 3.05) is 0 Å². The van der Waals surface area contributed by atoms with Gasteiger partial charge in [0.05, 0.1) is 0 Å². The van der Waals surface area contributed by atoms with Crippen LogP contribution in [0.3, 0.4) is 0 Å². The molecule has 0 fully saturated rings. The first-order chi connectivity index (χ1) is 4.84. The maximum absolute atomic E-state index is 10.6. The molecule has 0 radical (unpaired) electrons. The van der Waals surface area contributed by atoms with Crippen molar-refractivity contribution in [1.29, 1.82) is 0 Å². The van der Waals surface area contributed by atoms with E-state index in [1.807, 2.05) is 0 Å². The van der Waals surface area contributed by atoms with Gasteiger partial charge in [0.1, 0.15) is 12.0 Å². The number of nitrogens with zero attached hydrogens (tertiary/aromatic N) is 2. The van der Waals surface area contributed by atoms with E-state index in [1.165, 1.54) is 24.1 Å². The van der Waals surface area contributed by atoms with E-state index in [0.29, 0.717) is 0 Å². The Morgan fingerprint density at radius 1 is 1.70 bits per heavy atom. The summed E-state index contributed by atoms with van der Waals surface area (Å²) in [5.74, 6) is -0.637. The Hall–Kier alpha value is -1.49. The van der Waals surface area contributed by atoms with Crippen molar-refractivity contribution in [3.8, 4) is 0 Å². The number of hydrogen-bond acceptors (Lipinski definition) is 4. The highest BCUT2D eigenvalue weighted by Gasteiger charge is 2.01. The minimum Gasteiger partial charge on any atom is -0.288 e. The molecule has 5 heteroatoms. The summed E-state index contributed by atoms with van der Waals surface area (Å²) in [7, 11) is 0. The van der Waals surface area contributed by atoms with Gasteiger partial charge in [0, 0.05) is 6.20 Å². The van der Waals surface area contributed by atoms with E-state index in [4.69, 9.17) is 5.21 Å². The van der Waals surface area contributed by atoms with E-state index in [2.05, 4.69) is 9.97 Å². The first-order valence-electron chi connectivity index (χ1n) is 2.55. The molecule has 5 nitrogen and oxygen atoms in total. The van der Waals surface area contributed by atoms with E-state index in [-0.39, 0.29) is 5.69 Å². The van der Waals surface area contributed by atoms with Gasteiger partial charge in [-0.25, -0.2) is 15.4 Å². The van der Waals surface area contributed by atoms with Crippen LogP contribution in [0.5, 0.6) is 0 Å². The highest BCUT2D eigenvalue weighted by Crippen LogP contribution is 1.88. The minimum atomic E-state index is -0.637. The van der Waals surface area contributed by atoms with E-state index < -0.39 is 5.91 Å². The first-order valence-corrected chi connectivity index (χ1v) is 2.55. The number of carbonyl (C=O) groups excluding carboxylic acids is 1. The second-order valence-corrected chi connectivity index (χ2v) is 1.54. The average Bonchev–Trinajstić information content (AvgIpc) is 2.05. The predicted molar refractivity (Wildman–Crippen MR) is 31.3 cm³/mol. The lowest BCUT2D eigenvalue weighted by atomic mass is 10.4. The van der Waals surface area contributed by atoms with E-state index in [0.717, 1.165) is 0 Å². The van der Waals surface area contributed by atoms with Crippen molar-refractivity contribution in [3.05, 3.63) is 24.3 Å². The zero-order valence-corrected chi connectivity index (χ0v) is 4.98. The van der Waals surface area contributed by atoms with Crippen LogP contribution < -0.4 is 5.48 Å². The third-order valence-corrected chi connectivity index (χ3v) is 0.916. The molecule has 0 aliphatic carbocycles. The molecule has 2 N–H and O–H groups in total. The Kier molecular flexibility index (Phi) is 1.91. The molecule has 10 heavy (non-hydrogen) atoms. The van der Waals surface area contributed by atoms with Gasteiger partial charge < -0.3 is 0 Å². The number of aromatic nitrogens is 2. The number of rotatable bonds is 1. The van der Waals surface area contributed by atoms with Crippen molar-refractivity contribution < 1.29 is 10.0 Å². The Labute approximate surface area is 56.7 Å². The van der Waals surface area contributed by atoms with Crippen LogP contribution in [0.2, 0.25) is 0 Å². The Morgan fingerprint density at radius 2 is 2.50 bits per heavy atom. The van der Waals surface area contributed by atoms with Gasteiger partial charge in [-0.15, -0.1) is 0 Å². The maximum atomic E-state index is 10.6. The molecule has 0 saturated carbocycles. The third-order valence-electron chi connectivity index (χ3n) is 0.916. The number of hydrogen-bond donors (Lipinski definition) is 2. The van der Waals surface area contributed by atoms with Crippen LogP contribution in [-0.4, -0.2) is 21.1 Å². The van der Waals surface area contributed by atoms with Crippen LogP contribution >= 0.6 is 0 Å². The summed E-state index contributed by atoms with van der Waals surface area (Å²) in [6, 6.07) is 1.39. The fourth-order valence-corrected chi connectivity index (χ4v) is 0.482. The molecule has 0 aliphatic heterocycles. The molecule has 52 valence electrons. The molecule has 1 heterocycles. The van der Waals surface area contributed by atoms with Gasteiger partial charge in [-0.2, -0.15) is 0 Å². The van der Waals surface area contributed by atoms with E-state index in [9.17, 15) is 4.79 Å². The zero-order chi connectivity index (χ0) is 7.40. The standard InChI is InChI=1S/C5H5N3O2/c9-5(8-10)4-1-2-6-3-7-4/h1-3,10H,(H,8,9).